The molecule has 7 heteroatoms. The van der Waals surface area contributed by atoms with Crippen LogP contribution in [0.3, 0.4) is 0 Å². The molecule has 0 fully saturated rings. The molecular formula is C18H11F4NO2. The Kier molecular flexibility index (Phi) is 3.52. The Labute approximate surface area is 139 Å². The molecule has 1 aromatic heterocycles. The predicted octanol–water partition coefficient (Wildman–Crippen LogP) is 5.41. The summed E-state index contributed by atoms with van der Waals surface area (Å²) in [5.74, 6) is -0.347. The molecule has 0 N–H and O–H groups in total. The molecule has 0 unspecified atom stereocenters. The van der Waals surface area contributed by atoms with Crippen LogP contribution in [-0.2, 0) is 10.9 Å². The molecule has 0 radical (unpaired) electrons. The highest BCUT2D eigenvalue weighted by atomic mass is 19.4. The number of aromatic nitrogens is 1. The van der Waals surface area contributed by atoms with Crippen LogP contribution in [0.25, 0.3) is 28.3 Å². The van der Waals surface area contributed by atoms with E-state index in [1.54, 1.807) is 18.2 Å². The van der Waals surface area contributed by atoms with Gasteiger partial charge in [0, 0.05) is 17.5 Å². The first-order valence-electron chi connectivity index (χ1n) is 7.52. The second kappa shape index (κ2) is 5.61. The SMILES string of the molecule is Fc1cc(-c2nc3ccc(C4=CCCO4)cc3o2)cc(C(F)(F)F)c1. The molecule has 4 rings (SSSR count). The first-order valence-corrected chi connectivity index (χ1v) is 7.52. The zero-order valence-electron chi connectivity index (χ0n) is 12.7. The molecule has 0 spiro atoms. The van der Waals surface area contributed by atoms with E-state index in [0.29, 0.717) is 23.8 Å². The number of oxazole rings is 1. The Morgan fingerprint density at radius 2 is 1.84 bits per heavy atom. The van der Waals surface area contributed by atoms with Crippen molar-refractivity contribution in [2.75, 3.05) is 6.61 Å². The summed E-state index contributed by atoms with van der Waals surface area (Å²) in [6, 6.07) is 7.39. The molecule has 2 aromatic carbocycles. The fourth-order valence-corrected chi connectivity index (χ4v) is 2.70. The number of hydrogen-bond acceptors (Lipinski definition) is 3. The lowest BCUT2D eigenvalue weighted by Gasteiger charge is -2.07. The van der Waals surface area contributed by atoms with Gasteiger partial charge in [-0.2, -0.15) is 13.2 Å². The van der Waals surface area contributed by atoms with Crippen LogP contribution in [0.1, 0.15) is 17.5 Å². The maximum absolute atomic E-state index is 13.6. The third-order valence-corrected chi connectivity index (χ3v) is 3.85. The monoisotopic (exact) mass is 349 g/mol. The number of ether oxygens (including phenoxy) is 1. The van der Waals surface area contributed by atoms with E-state index >= 15 is 0 Å². The van der Waals surface area contributed by atoms with Crippen LogP contribution < -0.4 is 0 Å². The summed E-state index contributed by atoms with van der Waals surface area (Å²) in [6.45, 7) is 0.610. The quantitative estimate of drug-likeness (QED) is 0.580. The van der Waals surface area contributed by atoms with E-state index in [0.717, 1.165) is 29.9 Å². The topological polar surface area (TPSA) is 35.3 Å². The van der Waals surface area contributed by atoms with E-state index in [1.165, 1.54) is 0 Å². The second-order valence-corrected chi connectivity index (χ2v) is 5.63. The van der Waals surface area contributed by atoms with E-state index in [1.807, 2.05) is 6.08 Å². The number of nitrogens with zero attached hydrogens (tertiary/aromatic N) is 1. The Bertz CT molecular complexity index is 988. The van der Waals surface area contributed by atoms with Crippen LogP contribution in [0.2, 0.25) is 0 Å². The third kappa shape index (κ3) is 2.97. The van der Waals surface area contributed by atoms with Gasteiger partial charge in [-0.25, -0.2) is 9.37 Å². The van der Waals surface area contributed by atoms with Crippen molar-refractivity contribution >= 4 is 16.9 Å². The van der Waals surface area contributed by atoms with Crippen molar-refractivity contribution in [2.45, 2.75) is 12.6 Å². The van der Waals surface area contributed by atoms with Crippen LogP contribution in [-0.4, -0.2) is 11.6 Å². The molecule has 128 valence electrons. The summed E-state index contributed by atoms with van der Waals surface area (Å²) in [6.07, 6.45) is -1.89. The largest absolute Gasteiger partial charge is 0.493 e. The zero-order valence-corrected chi connectivity index (χ0v) is 12.7. The van der Waals surface area contributed by atoms with Crippen LogP contribution in [0.5, 0.6) is 0 Å². The summed E-state index contributed by atoms with van der Waals surface area (Å²) in [5, 5.41) is 0. The summed E-state index contributed by atoms with van der Waals surface area (Å²) >= 11 is 0. The Hall–Kier alpha value is -2.83. The minimum absolute atomic E-state index is 0.0681. The van der Waals surface area contributed by atoms with E-state index in [9.17, 15) is 17.6 Å². The first kappa shape index (κ1) is 15.7. The lowest BCUT2D eigenvalue weighted by molar-refractivity contribution is -0.137. The van der Waals surface area contributed by atoms with Gasteiger partial charge < -0.3 is 9.15 Å². The predicted molar refractivity (Wildman–Crippen MR) is 83.0 cm³/mol. The second-order valence-electron chi connectivity index (χ2n) is 5.63. The maximum atomic E-state index is 13.6. The van der Waals surface area contributed by atoms with Gasteiger partial charge in [0.1, 0.15) is 17.1 Å². The zero-order chi connectivity index (χ0) is 17.6. The van der Waals surface area contributed by atoms with Gasteiger partial charge in [0.25, 0.3) is 0 Å². The Morgan fingerprint density at radius 1 is 1.00 bits per heavy atom. The number of rotatable bonds is 2. The van der Waals surface area contributed by atoms with Gasteiger partial charge in [0.15, 0.2) is 5.58 Å². The molecule has 3 nitrogen and oxygen atoms in total. The summed E-state index contributed by atoms with van der Waals surface area (Å²) in [7, 11) is 0. The summed E-state index contributed by atoms with van der Waals surface area (Å²) < 4.78 is 63.2. The number of fused-ring (bicyclic) bond motifs is 1. The molecule has 0 bridgehead atoms. The highest BCUT2D eigenvalue weighted by Crippen LogP contribution is 2.34. The molecule has 0 saturated heterocycles. The standard InChI is InChI=1S/C18H11F4NO2/c19-13-7-11(6-12(9-13)18(20,21)22)17-23-14-4-3-10(8-16(14)25-17)15-2-1-5-24-15/h2-4,6-9H,1,5H2. The Morgan fingerprint density at radius 3 is 2.56 bits per heavy atom. The molecule has 1 aliphatic rings. The number of alkyl halides is 3. The first-order chi connectivity index (χ1) is 11.9. The van der Waals surface area contributed by atoms with Crippen LogP contribution in [0, 0.1) is 5.82 Å². The summed E-state index contributed by atoms with van der Waals surface area (Å²) in [4.78, 5) is 4.15. The molecule has 25 heavy (non-hydrogen) atoms. The molecule has 2 heterocycles. The molecule has 0 amide bonds. The molecule has 0 saturated carbocycles. The van der Waals surface area contributed by atoms with Crippen LogP contribution in [0.15, 0.2) is 46.9 Å². The molecular weight excluding hydrogens is 338 g/mol. The van der Waals surface area contributed by atoms with Crippen molar-refractivity contribution in [3.63, 3.8) is 0 Å². The van der Waals surface area contributed by atoms with Crippen molar-refractivity contribution in [1.82, 2.24) is 4.98 Å². The van der Waals surface area contributed by atoms with Crippen molar-refractivity contribution in [3.05, 3.63) is 59.4 Å². The van der Waals surface area contributed by atoms with Crippen LogP contribution >= 0.6 is 0 Å². The van der Waals surface area contributed by atoms with Crippen molar-refractivity contribution in [1.29, 1.82) is 0 Å². The van der Waals surface area contributed by atoms with Gasteiger partial charge in [0.05, 0.1) is 12.2 Å². The lowest BCUT2D eigenvalue weighted by atomic mass is 10.1. The molecule has 1 aliphatic heterocycles. The van der Waals surface area contributed by atoms with Gasteiger partial charge in [-0.15, -0.1) is 0 Å². The number of benzene rings is 2. The van der Waals surface area contributed by atoms with E-state index in [4.69, 9.17) is 9.15 Å². The molecule has 0 aliphatic carbocycles. The van der Waals surface area contributed by atoms with E-state index < -0.39 is 17.6 Å². The number of hydrogen-bond donors (Lipinski definition) is 0. The molecule has 0 atom stereocenters. The number of halogens is 4. The van der Waals surface area contributed by atoms with Crippen molar-refractivity contribution in [2.24, 2.45) is 0 Å². The maximum Gasteiger partial charge on any atom is 0.416 e. The average molecular weight is 349 g/mol. The van der Waals surface area contributed by atoms with Gasteiger partial charge >= 0.3 is 6.18 Å². The van der Waals surface area contributed by atoms with E-state index in [-0.39, 0.29) is 11.5 Å². The fraction of sp³-hybridized carbons (Fsp3) is 0.167. The lowest BCUT2D eigenvalue weighted by Crippen LogP contribution is -2.05. The minimum atomic E-state index is -4.65. The van der Waals surface area contributed by atoms with Crippen LogP contribution in [0.4, 0.5) is 17.6 Å². The average Bonchev–Trinajstić information content (AvgIpc) is 3.22. The van der Waals surface area contributed by atoms with Gasteiger partial charge in [-0.3, -0.25) is 0 Å². The highest BCUT2D eigenvalue weighted by molar-refractivity contribution is 5.80. The van der Waals surface area contributed by atoms with Crippen molar-refractivity contribution < 1.29 is 26.7 Å². The van der Waals surface area contributed by atoms with Gasteiger partial charge in [0.2, 0.25) is 5.89 Å². The molecule has 3 aromatic rings. The highest BCUT2D eigenvalue weighted by Gasteiger charge is 2.32. The summed E-state index contributed by atoms with van der Waals surface area (Å²) in [5.41, 5.74) is 0.496. The van der Waals surface area contributed by atoms with E-state index in [2.05, 4.69) is 4.98 Å². The Balaban J connectivity index is 1.78. The third-order valence-electron chi connectivity index (χ3n) is 3.85. The fourth-order valence-electron chi connectivity index (χ4n) is 2.70. The van der Waals surface area contributed by atoms with Crippen molar-refractivity contribution in [3.8, 4) is 11.5 Å². The van der Waals surface area contributed by atoms with Gasteiger partial charge in [-0.05, 0) is 42.5 Å². The van der Waals surface area contributed by atoms with Gasteiger partial charge in [-0.1, -0.05) is 0 Å². The minimum Gasteiger partial charge on any atom is -0.493 e. The normalized spacial score (nSPS) is 14.6. The smallest absolute Gasteiger partial charge is 0.416 e.